The number of rotatable bonds is 25. The molecule has 14 aliphatic carbocycles. The molecule has 5 aliphatic heterocycles. The van der Waals surface area contributed by atoms with E-state index < -0.39 is 199 Å². The lowest BCUT2D eigenvalue weighted by Gasteiger charge is -2.29. The van der Waals surface area contributed by atoms with Gasteiger partial charge in [-0.1, -0.05) is 46.1 Å². The van der Waals surface area contributed by atoms with E-state index in [1.165, 1.54) is 35.2 Å². The average molecular weight is 2010 g/mol. The third-order valence-electron chi connectivity index (χ3n) is 30.2. The lowest BCUT2D eigenvalue weighted by Crippen LogP contribution is -2.44. The zero-order chi connectivity index (χ0) is 100. The van der Waals surface area contributed by atoms with Crippen LogP contribution in [0.5, 0.6) is 0 Å². The van der Waals surface area contributed by atoms with Crippen LogP contribution in [0.1, 0.15) is 145 Å². The van der Waals surface area contributed by atoms with Crippen molar-refractivity contribution in [3.8, 4) is 0 Å². The molecule has 35 atom stereocenters. The van der Waals surface area contributed by atoms with E-state index in [9.17, 15) is 104 Å². The van der Waals surface area contributed by atoms with E-state index >= 15 is 0 Å². The molecule has 5 heterocycles. The smallest absolute Gasteiger partial charge is 0.344 e. The van der Waals surface area contributed by atoms with Crippen LogP contribution in [-0.4, -0.2) is 260 Å². The first-order valence-corrected chi connectivity index (χ1v) is 53.1. The molecule has 19 rings (SSSR count). The van der Waals surface area contributed by atoms with Crippen molar-refractivity contribution < 1.29 is 183 Å². The number of fused-ring (bicyclic) bond motifs is 9. The van der Waals surface area contributed by atoms with Crippen molar-refractivity contribution in [2.75, 3.05) is 46.6 Å². The van der Waals surface area contributed by atoms with Crippen LogP contribution >= 0.6 is 0 Å². The number of carbonyl (C=O) groups is 13. The van der Waals surface area contributed by atoms with E-state index in [0.717, 1.165) is 38.4 Å². The quantitative estimate of drug-likeness (QED) is 0.0500. The van der Waals surface area contributed by atoms with Crippen molar-refractivity contribution in [1.29, 1.82) is 0 Å². The number of carbonyl (C=O) groups excluding carboxylic acids is 13. The van der Waals surface area contributed by atoms with E-state index in [0.29, 0.717) is 85.7 Å². The Morgan fingerprint density at radius 3 is 1.29 bits per heavy atom. The van der Waals surface area contributed by atoms with Gasteiger partial charge in [-0.05, 0) is 174 Å². The zero-order valence-corrected chi connectivity index (χ0v) is 81.3. The SMILES string of the molecule is C=C(C)C(=O)OC1C2CC3C1CS(=O)(=O)C3C2.C=C(C)C(=O)OC1C2CC3C1OS(=O)(=O)C3C2.C=C(C)C(=O)OC1C2CC3OS(=O)(=O)C1C3C2.C=C(C)C(=O)OC1CC2CC1CC2OS(C)(=O)=O.C=C(C)C(=O)OC1CC2CC1CC2S(=O)(=O)OC.C=C(C)C(=O)OCC(=O)OC1C2CC3C1OC(=O)C3C2C(=O)OC.C=C(C)C(=O)OCCC(=O)OC1C2CC3C1OC(=O)C3C2C(=O)OC. The van der Waals surface area contributed by atoms with Crippen LogP contribution in [0.3, 0.4) is 0 Å². The van der Waals surface area contributed by atoms with Crippen LogP contribution in [-0.2, 0) is 191 Å². The van der Waals surface area contributed by atoms with Crippen molar-refractivity contribution in [2.24, 2.45) is 112 Å². The molecular formula is C91H118O40S5. The molecule has 35 unspecified atom stereocenters. The molecule has 0 spiro atoms. The van der Waals surface area contributed by atoms with Gasteiger partial charge in [0.2, 0.25) is 0 Å². The standard InChI is InChI=1S/C17H20O8.C16H18O8.2C12H18O5S.C12H16O4S.2C11H14O5S/c1-7(2)15(19)23-5-4-10(18)24-13-8-6-9-12(11(8)16(20)22-3)17(21)25-14(9)13;1-6(2)14(18)22-5-9(17)23-12-7-4-8-11(10(7)15(19)21-3)16(20)24-13(8)12;1-7(2)12(13)16-10-5-9-4-8(10)6-11(9)17-18(3,14)15;1-7(2)12(13)17-10-5-9-4-8(10)6-11(9)18(14,15)16-3;1-6(2)12(13)16-11-7-3-8-9(11)5-17(14,15)10(8)4-7;1-5(2)11(12)15-9-6-3-7-8(4-6)17(13,14)16-10(7)9;1-5(2)11(12)15-9-6-3-7-8(4-6)16-17(13,14)10(7)9/h8-9,11-14H,1,4-6H2,2-3H3;7-8,10-13H,1,4-5H2,2-3H3;2*8-11H,1,4-6H2,2-3H3;7-11H,1,3-5H2,2H3;2*6-10H,1,3-4H2,2H3. The molecule has 0 aromatic carbocycles. The van der Waals surface area contributed by atoms with E-state index in [2.05, 4.69) is 50.2 Å². The Kier molecular flexibility index (Phi) is 30.8. The number of ether oxygens (including phenoxy) is 13. The Bertz CT molecular complexity index is 5460. The van der Waals surface area contributed by atoms with E-state index in [-0.39, 0.29) is 172 Å². The number of sulfone groups is 1. The Balaban J connectivity index is 0.000000135. The van der Waals surface area contributed by atoms with Gasteiger partial charge in [-0.2, -0.15) is 33.7 Å². The molecule has 19 fully saturated rings. The molecule has 14 saturated carbocycles. The van der Waals surface area contributed by atoms with Gasteiger partial charge in [0.05, 0.1) is 91.4 Å². The first-order valence-electron chi connectivity index (χ1n) is 45.2. The maximum atomic E-state index is 12.0. The Morgan fingerprint density at radius 2 is 0.809 bits per heavy atom. The van der Waals surface area contributed by atoms with E-state index in [1.54, 1.807) is 34.6 Å². The van der Waals surface area contributed by atoms with Gasteiger partial charge < -0.3 is 61.6 Å². The van der Waals surface area contributed by atoms with Crippen molar-refractivity contribution in [1.82, 2.24) is 0 Å². The van der Waals surface area contributed by atoms with Crippen LogP contribution < -0.4 is 0 Å². The molecule has 0 radical (unpaired) electrons. The predicted octanol–water partition coefficient (Wildman–Crippen LogP) is 5.03. The lowest BCUT2D eigenvalue weighted by molar-refractivity contribution is -0.171. The highest BCUT2D eigenvalue weighted by Gasteiger charge is 2.73. The molecule has 0 amide bonds. The van der Waals surface area contributed by atoms with Gasteiger partial charge in [0.25, 0.3) is 40.5 Å². The van der Waals surface area contributed by atoms with Crippen molar-refractivity contribution in [3.63, 3.8) is 0 Å². The summed E-state index contributed by atoms with van der Waals surface area (Å²) >= 11 is 0. The maximum Gasteiger partial charge on any atom is 0.344 e. The molecule has 5 saturated heterocycles. The minimum Gasteiger partial charge on any atom is -0.469 e. The predicted molar refractivity (Wildman–Crippen MR) is 466 cm³/mol. The Morgan fingerprint density at radius 1 is 0.382 bits per heavy atom. The van der Waals surface area contributed by atoms with Gasteiger partial charge in [-0.15, -0.1) is 0 Å². The molecule has 0 aromatic rings. The summed E-state index contributed by atoms with van der Waals surface area (Å²) in [5.74, 6) is -8.28. The molecule has 752 valence electrons. The second-order valence-electron chi connectivity index (χ2n) is 39.3. The topological polar surface area (TPSA) is 550 Å². The van der Waals surface area contributed by atoms with E-state index in [1.807, 2.05) is 0 Å². The highest BCUT2D eigenvalue weighted by molar-refractivity contribution is 7.92. The van der Waals surface area contributed by atoms with Crippen molar-refractivity contribution >= 4 is 128 Å². The molecule has 0 N–H and O–H groups in total. The highest BCUT2D eigenvalue weighted by Crippen LogP contribution is 2.63. The summed E-state index contributed by atoms with van der Waals surface area (Å²) in [7, 11) is -13.1. The molecule has 19 aliphatic rings. The van der Waals surface area contributed by atoms with Gasteiger partial charge in [-0.25, -0.2) is 46.8 Å². The summed E-state index contributed by atoms with van der Waals surface area (Å²) in [5, 5.41) is -1.63. The Labute approximate surface area is 789 Å². The second kappa shape index (κ2) is 40.2. The summed E-state index contributed by atoms with van der Waals surface area (Å²) in [4.78, 5) is 152. The molecule has 45 heteroatoms. The van der Waals surface area contributed by atoms with Crippen molar-refractivity contribution in [2.45, 2.75) is 239 Å². The van der Waals surface area contributed by atoms with Gasteiger partial charge in [0.15, 0.2) is 16.4 Å². The van der Waals surface area contributed by atoms with Crippen LogP contribution in [0.4, 0.5) is 0 Å². The lowest BCUT2D eigenvalue weighted by atomic mass is 9.78. The third kappa shape index (κ3) is 21.2. The van der Waals surface area contributed by atoms with Gasteiger partial charge in [0, 0.05) is 92.3 Å². The first-order chi connectivity index (χ1) is 63.5. The molecule has 40 nitrogen and oxygen atoms in total. The van der Waals surface area contributed by atoms with Crippen LogP contribution in [0, 0.1) is 112 Å². The fraction of sp³-hybridized carbons (Fsp3) is 0.703. The third-order valence-corrected chi connectivity index (χ3v) is 38.5. The molecule has 136 heavy (non-hydrogen) atoms. The molecule has 14 bridgehead atoms. The number of hydrogen-bond acceptors (Lipinski definition) is 40. The number of hydrogen-bond donors (Lipinski definition) is 0. The summed E-state index contributed by atoms with van der Waals surface area (Å²) in [6, 6.07) is 0. The van der Waals surface area contributed by atoms with Crippen LogP contribution in [0.2, 0.25) is 0 Å². The normalized spacial score (nSPS) is 38.5. The minimum atomic E-state index is -3.56. The zero-order valence-electron chi connectivity index (χ0n) is 77.3. The van der Waals surface area contributed by atoms with E-state index in [4.69, 9.17) is 74.1 Å². The van der Waals surface area contributed by atoms with Gasteiger partial charge in [0.1, 0.15) is 72.9 Å². The van der Waals surface area contributed by atoms with Crippen molar-refractivity contribution in [3.05, 3.63) is 85.1 Å². The summed E-state index contributed by atoms with van der Waals surface area (Å²) in [6.45, 7) is 34.8. The van der Waals surface area contributed by atoms with Crippen LogP contribution in [0.15, 0.2) is 85.1 Å². The summed E-state index contributed by atoms with van der Waals surface area (Å²) in [5.41, 5.74) is 2.17. The van der Waals surface area contributed by atoms with Gasteiger partial charge in [-0.3, -0.25) is 40.7 Å². The largest absolute Gasteiger partial charge is 0.469 e. The molecule has 0 aromatic heterocycles. The Hall–Kier alpha value is -9.12. The monoisotopic (exact) mass is 2010 g/mol. The summed E-state index contributed by atoms with van der Waals surface area (Å²) in [6.07, 6.45) is 5.80. The second-order valence-corrected chi connectivity index (χ2v) is 48.6. The van der Waals surface area contributed by atoms with Gasteiger partial charge >= 0.3 is 77.6 Å². The minimum absolute atomic E-state index is 0.00733. The number of methoxy groups -OCH3 is 2. The average Bonchev–Trinajstić information content (AvgIpc) is 1.57. The highest BCUT2D eigenvalue weighted by atomic mass is 32.2. The van der Waals surface area contributed by atoms with Crippen LogP contribution in [0.25, 0.3) is 0 Å². The first kappa shape index (κ1) is 104. The fourth-order valence-electron chi connectivity index (χ4n) is 24.5. The molecular weight excluding hydrogens is 1890 g/mol. The fourth-order valence-corrected chi connectivity index (χ4v) is 33.1. The summed E-state index contributed by atoms with van der Waals surface area (Å²) < 4.78 is 203. The maximum absolute atomic E-state index is 12.0. The number of esters is 13.